The van der Waals surface area contributed by atoms with Gasteiger partial charge >= 0.3 is 6.18 Å². The number of ketones is 1. The lowest BCUT2D eigenvalue weighted by Crippen LogP contribution is -2.42. The van der Waals surface area contributed by atoms with Gasteiger partial charge in [0, 0.05) is 7.11 Å². The molecule has 1 N–H and O–H groups in total. The van der Waals surface area contributed by atoms with Gasteiger partial charge in [-0.1, -0.05) is 0 Å². The van der Waals surface area contributed by atoms with Crippen molar-refractivity contribution in [3.05, 3.63) is 0 Å². The Hall–Kier alpha value is 0.0800. The molecule has 0 aromatic heterocycles. The first-order valence-electron chi connectivity index (χ1n) is 3.98. The van der Waals surface area contributed by atoms with Gasteiger partial charge in [0.05, 0.1) is 0 Å². The molecule has 0 aliphatic carbocycles. The first-order valence-corrected chi connectivity index (χ1v) is 6.21. The van der Waals surface area contributed by atoms with Gasteiger partial charge in [0.1, 0.15) is 16.2 Å². The third kappa shape index (κ3) is 3.02. The molecule has 3 unspecified atom stereocenters. The van der Waals surface area contributed by atoms with Crippen molar-refractivity contribution in [3.8, 4) is 0 Å². The topological polar surface area (TPSA) is 38.3 Å². The molecule has 8 heteroatoms. The second kappa shape index (κ2) is 4.94. The predicted molar refractivity (Wildman–Crippen MR) is 53.7 cm³/mol. The number of rotatable bonds is 3. The lowest BCUT2D eigenvalue weighted by atomic mass is 10.2. The summed E-state index contributed by atoms with van der Waals surface area (Å²) >= 11 is 2.27. The zero-order valence-corrected chi connectivity index (χ0v) is 9.63. The molecular formula is C7H10F3NO2S2. The average Bonchev–Trinajstić information content (AvgIpc) is 2.57. The van der Waals surface area contributed by atoms with Gasteiger partial charge in [0.25, 0.3) is 5.78 Å². The van der Waals surface area contributed by atoms with Crippen molar-refractivity contribution in [2.24, 2.45) is 0 Å². The number of Topliss-reactive ketones (excluding diaryl/α,β-unsaturated/α-hetero) is 1. The quantitative estimate of drug-likeness (QED) is 0.832. The lowest BCUT2D eigenvalue weighted by molar-refractivity contribution is -0.172. The molecule has 15 heavy (non-hydrogen) atoms. The van der Waals surface area contributed by atoms with Crippen LogP contribution < -0.4 is 5.32 Å². The van der Waals surface area contributed by atoms with E-state index in [4.69, 9.17) is 4.74 Å². The fourth-order valence-electron chi connectivity index (χ4n) is 1.14. The van der Waals surface area contributed by atoms with Crippen LogP contribution in [0, 0.1) is 0 Å². The molecule has 3 nitrogen and oxygen atoms in total. The maximum Gasteiger partial charge on any atom is 0.451 e. The molecule has 0 bridgehead atoms. The van der Waals surface area contributed by atoms with E-state index in [1.807, 2.05) is 0 Å². The molecule has 0 aromatic carbocycles. The van der Waals surface area contributed by atoms with E-state index >= 15 is 0 Å². The molecule has 1 heterocycles. The Labute approximate surface area is 93.5 Å². The molecule has 1 rings (SSSR count). The number of alkyl halides is 3. The van der Waals surface area contributed by atoms with Crippen LogP contribution >= 0.6 is 23.5 Å². The van der Waals surface area contributed by atoms with Gasteiger partial charge in [-0.05, 0) is 6.26 Å². The largest absolute Gasteiger partial charge is 0.451 e. The van der Waals surface area contributed by atoms with Crippen LogP contribution in [0.5, 0.6) is 0 Å². The molecule has 0 saturated carbocycles. The summed E-state index contributed by atoms with van der Waals surface area (Å²) in [5.41, 5.74) is 0. The number of methoxy groups -OCH3 is 1. The van der Waals surface area contributed by atoms with E-state index in [9.17, 15) is 18.0 Å². The minimum Gasteiger partial charge on any atom is -0.365 e. The van der Waals surface area contributed by atoms with Gasteiger partial charge in [0.2, 0.25) is 0 Å². The molecule has 1 aliphatic heterocycles. The van der Waals surface area contributed by atoms with Crippen molar-refractivity contribution in [1.82, 2.24) is 5.32 Å². The van der Waals surface area contributed by atoms with Gasteiger partial charge in [-0.15, -0.1) is 23.5 Å². The van der Waals surface area contributed by atoms with Gasteiger partial charge in [-0.25, -0.2) is 0 Å². The van der Waals surface area contributed by atoms with Crippen molar-refractivity contribution < 1.29 is 22.7 Å². The fraction of sp³-hybridized carbons (Fsp3) is 0.857. The van der Waals surface area contributed by atoms with E-state index < -0.39 is 23.4 Å². The van der Waals surface area contributed by atoms with Crippen LogP contribution in [0.15, 0.2) is 0 Å². The summed E-state index contributed by atoms with van der Waals surface area (Å²) in [4.78, 5) is 11.0. The van der Waals surface area contributed by atoms with Gasteiger partial charge in [0.15, 0.2) is 0 Å². The Morgan fingerprint density at radius 1 is 1.53 bits per heavy atom. The fourth-order valence-corrected chi connectivity index (χ4v) is 3.28. The molecule has 0 radical (unpaired) electrons. The molecule has 1 fully saturated rings. The van der Waals surface area contributed by atoms with E-state index in [-0.39, 0.29) is 4.71 Å². The van der Waals surface area contributed by atoms with Crippen molar-refractivity contribution in [1.29, 1.82) is 0 Å². The molecule has 3 atom stereocenters. The van der Waals surface area contributed by atoms with Gasteiger partial charge in [-0.2, -0.15) is 13.2 Å². The molecule has 1 saturated heterocycles. The van der Waals surface area contributed by atoms with Crippen molar-refractivity contribution in [2.45, 2.75) is 22.4 Å². The second-order valence-electron chi connectivity index (χ2n) is 2.81. The number of carbonyl (C=O) groups is 1. The van der Waals surface area contributed by atoms with Crippen LogP contribution in [0.1, 0.15) is 0 Å². The summed E-state index contributed by atoms with van der Waals surface area (Å²) in [6.07, 6.45) is -3.93. The highest BCUT2D eigenvalue weighted by Gasteiger charge is 2.50. The SMILES string of the molecule is COC1NC(SC)SC1C(=O)C(F)(F)F. The normalized spacial score (nSPS) is 31.9. The molecule has 0 amide bonds. The molecule has 1 aliphatic rings. The highest BCUT2D eigenvalue weighted by atomic mass is 32.2. The van der Waals surface area contributed by atoms with Crippen molar-refractivity contribution in [2.75, 3.05) is 13.4 Å². The van der Waals surface area contributed by atoms with Gasteiger partial charge in [-0.3, -0.25) is 10.1 Å². The summed E-state index contributed by atoms with van der Waals surface area (Å²) in [6, 6.07) is 0. The lowest BCUT2D eigenvalue weighted by Gasteiger charge is -2.16. The van der Waals surface area contributed by atoms with Crippen LogP contribution in [0.4, 0.5) is 13.2 Å². The van der Waals surface area contributed by atoms with E-state index in [2.05, 4.69) is 5.32 Å². The predicted octanol–water partition coefficient (Wildman–Crippen LogP) is 1.44. The first kappa shape index (κ1) is 13.1. The maximum atomic E-state index is 12.2. The van der Waals surface area contributed by atoms with E-state index in [1.54, 1.807) is 6.26 Å². The third-order valence-electron chi connectivity index (χ3n) is 1.85. The first-order chi connectivity index (χ1) is 6.90. The van der Waals surface area contributed by atoms with Crippen LogP contribution in [0.25, 0.3) is 0 Å². The van der Waals surface area contributed by atoms with Crippen LogP contribution in [0.3, 0.4) is 0 Å². The number of hydrogen-bond acceptors (Lipinski definition) is 5. The second-order valence-corrected chi connectivity index (χ2v) is 5.30. The van der Waals surface area contributed by atoms with Crippen LogP contribution in [-0.4, -0.2) is 41.5 Å². The molecular weight excluding hydrogens is 251 g/mol. The zero-order chi connectivity index (χ0) is 11.6. The summed E-state index contributed by atoms with van der Waals surface area (Å²) in [7, 11) is 1.28. The number of hydrogen-bond donors (Lipinski definition) is 1. The standard InChI is InChI=1S/C7H10F3NO2S2/c1-13-5-3(4(12)7(8,9)10)15-6(11-5)14-2/h3,5-6,11H,1-2H3. The number of ether oxygens (including phenoxy) is 1. The minimum atomic E-state index is -4.80. The van der Waals surface area contributed by atoms with Crippen molar-refractivity contribution in [3.63, 3.8) is 0 Å². The Bertz CT molecular complexity index is 249. The maximum absolute atomic E-state index is 12.2. The van der Waals surface area contributed by atoms with Crippen LogP contribution in [0.2, 0.25) is 0 Å². The smallest absolute Gasteiger partial charge is 0.365 e. The van der Waals surface area contributed by atoms with Gasteiger partial charge < -0.3 is 4.74 Å². The average molecular weight is 261 g/mol. The van der Waals surface area contributed by atoms with Crippen molar-refractivity contribution >= 4 is 29.3 Å². The number of thioether (sulfide) groups is 2. The number of halogens is 3. The summed E-state index contributed by atoms with van der Waals surface area (Å²) in [5, 5.41) is 1.56. The Kier molecular flexibility index (Phi) is 4.33. The molecule has 88 valence electrons. The Morgan fingerprint density at radius 3 is 2.53 bits per heavy atom. The summed E-state index contributed by atoms with van der Waals surface area (Å²) in [6.45, 7) is 0. The Morgan fingerprint density at radius 2 is 2.13 bits per heavy atom. The number of nitrogens with one attached hydrogen (secondary N) is 1. The monoisotopic (exact) mass is 261 g/mol. The van der Waals surface area contributed by atoms with E-state index in [0.29, 0.717) is 0 Å². The third-order valence-corrected chi connectivity index (χ3v) is 4.46. The van der Waals surface area contributed by atoms with Crippen LogP contribution in [-0.2, 0) is 9.53 Å². The minimum absolute atomic E-state index is 0.244. The zero-order valence-electron chi connectivity index (χ0n) is 8.00. The summed E-state index contributed by atoms with van der Waals surface area (Å²) in [5.74, 6) is -1.75. The summed E-state index contributed by atoms with van der Waals surface area (Å²) < 4.78 is 41.1. The highest BCUT2D eigenvalue weighted by molar-refractivity contribution is 8.17. The van der Waals surface area contributed by atoms with E-state index in [0.717, 1.165) is 11.8 Å². The van der Waals surface area contributed by atoms with E-state index in [1.165, 1.54) is 18.9 Å². The highest BCUT2D eigenvalue weighted by Crippen LogP contribution is 2.37. The molecule has 0 spiro atoms. The number of carbonyl (C=O) groups excluding carboxylic acids is 1. The molecule has 0 aromatic rings. The Balaban J connectivity index is 2.72.